The second kappa shape index (κ2) is 12.2. The Labute approximate surface area is 144 Å². The summed E-state index contributed by atoms with van der Waals surface area (Å²) in [5.74, 6) is -0.772. The third kappa shape index (κ3) is 8.08. The minimum Gasteiger partial charge on any atom is -0.466 e. The lowest BCUT2D eigenvalue weighted by atomic mass is 9.96. The summed E-state index contributed by atoms with van der Waals surface area (Å²) in [7, 11) is 0. The molecule has 1 fully saturated rings. The van der Waals surface area contributed by atoms with Crippen LogP contribution >= 0.6 is 0 Å². The minimum atomic E-state index is -0.291. The van der Waals surface area contributed by atoms with E-state index < -0.39 is 0 Å². The van der Waals surface area contributed by atoms with E-state index in [0.717, 1.165) is 0 Å². The monoisotopic (exact) mass is 345 g/mol. The first kappa shape index (κ1) is 20.9. The first-order valence-corrected chi connectivity index (χ1v) is 8.74. The lowest BCUT2D eigenvalue weighted by Crippen LogP contribution is -2.41. The van der Waals surface area contributed by atoms with Crippen molar-refractivity contribution in [2.75, 3.05) is 59.3 Å². The molecule has 0 bridgehead atoms. The molecule has 1 aliphatic rings. The molecule has 0 aliphatic carbocycles. The molecule has 7 nitrogen and oxygen atoms in total. The van der Waals surface area contributed by atoms with Crippen LogP contribution in [0.2, 0.25) is 0 Å². The third-order valence-corrected chi connectivity index (χ3v) is 3.88. The summed E-state index contributed by atoms with van der Waals surface area (Å²) in [5, 5.41) is 0. The number of carbonyl (C=O) groups excluding carboxylic acids is 2. The van der Waals surface area contributed by atoms with Gasteiger partial charge in [0.05, 0.1) is 52.2 Å². The van der Waals surface area contributed by atoms with Gasteiger partial charge in [-0.1, -0.05) is 13.8 Å². The molecule has 2 atom stereocenters. The maximum atomic E-state index is 12.7. The maximum absolute atomic E-state index is 12.7. The largest absolute Gasteiger partial charge is 0.466 e. The second-order valence-electron chi connectivity index (χ2n) is 5.95. The Morgan fingerprint density at radius 2 is 1.42 bits per heavy atom. The summed E-state index contributed by atoms with van der Waals surface area (Å²) in [6.07, 6.45) is 0.476. The van der Waals surface area contributed by atoms with Crippen molar-refractivity contribution in [1.82, 2.24) is 4.90 Å². The summed E-state index contributed by atoms with van der Waals surface area (Å²) in [5.41, 5.74) is 0. The van der Waals surface area contributed by atoms with Crippen molar-refractivity contribution in [3.8, 4) is 0 Å². The van der Waals surface area contributed by atoms with E-state index in [9.17, 15) is 9.59 Å². The van der Waals surface area contributed by atoms with Gasteiger partial charge in [-0.15, -0.1) is 0 Å². The molecule has 0 aromatic heterocycles. The SMILES string of the molecule is CCOC(=O)[C@H](C)C[C@@H](C)C(=O)N1CCOCCOCCOCC1. The molecule has 1 aliphatic heterocycles. The van der Waals surface area contributed by atoms with Gasteiger partial charge in [0.25, 0.3) is 0 Å². The zero-order valence-electron chi connectivity index (χ0n) is 15.1. The smallest absolute Gasteiger partial charge is 0.308 e. The van der Waals surface area contributed by atoms with Crippen LogP contribution in [0.4, 0.5) is 0 Å². The van der Waals surface area contributed by atoms with Gasteiger partial charge in [-0.25, -0.2) is 0 Å². The van der Waals surface area contributed by atoms with Crippen LogP contribution in [0.3, 0.4) is 0 Å². The second-order valence-corrected chi connectivity index (χ2v) is 5.95. The lowest BCUT2D eigenvalue weighted by molar-refractivity contribution is -0.148. The van der Waals surface area contributed by atoms with Crippen LogP contribution < -0.4 is 0 Å². The Hall–Kier alpha value is -1.18. The van der Waals surface area contributed by atoms with Crippen molar-refractivity contribution in [2.45, 2.75) is 27.2 Å². The fraction of sp³-hybridized carbons (Fsp3) is 0.882. The van der Waals surface area contributed by atoms with E-state index in [1.807, 2.05) is 6.92 Å². The fourth-order valence-corrected chi connectivity index (χ4v) is 2.55. The standard InChI is InChI=1S/C17H31NO6/c1-4-24-17(20)15(3)13-14(2)16(19)18-5-7-21-9-11-23-12-10-22-8-6-18/h14-15H,4-13H2,1-3H3/t14-,15-/m1/s1. The molecule has 7 heteroatoms. The Balaban J connectivity index is 2.51. The van der Waals surface area contributed by atoms with Crippen LogP contribution in [-0.2, 0) is 28.5 Å². The first-order valence-electron chi connectivity index (χ1n) is 8.74. The van der Waals surface area contributed by atoms with Crippen LogP contribution in [0, 0.1) is 11.8 Å². The van der Waals surface area contributed by atoms with Gasteiger partial charge in [-0.05, 0) is 13.3 Å². The van der Waals surface area contributed by atoms with Gasteiger partial charge in [0.1, 0.15) is 0 Å². The quantitative estimate of drug-likeness (QED) is 0.695. The van der Waals surface area contributed by atoms with Crippen LogP contribution in [0.5, 0.6) is 0 Å². The fourth-order valence-electron chi connectivity index (χ4n) is 2.55. The maximum Gasteiger partial charge on any atom is 0.308 e. The highest BCUT2D eigenvalue weighted by molar-refractivity contribution is 5.80. The number of esters is 1. The van der Waals surface area contributed by atoms with Gasteiger partial charge < -0.3 is 23.8 Å². The van der Waals surface area contributed by atoms with Crippen molar-refractivity contribution in [2.24, 2.45) is 11.8 Å². The van der Waals surface area contributed by atoms with Gasteiger partial charge in [0.2, 0.25) is 5.91 Å². The molecule has 0 aromatic rings. The predicted octanol–water partition coefficient (Wildman–Crippen LogP) is 1.10. The van der Waals surface area contributed by atoms with Crippen LogP contribution in [0.15, 0.2) is 0 Å². The van der Waals surface area contributed by atoms with E-state index in [-0.39, 0.29) is 23.7 Å². The van der Waals surface area contributed by atoms with Crippen molar-refractivity contribution in [3.63, 3.8) is 0 Å². The topological polar surface area (TPSA) is 74.3 Å². The molecule has 1 rings (SSSR count). The van der Waals surface area contributed by atoms with Gasteiger partial charge in [-0.3, -0.25) is 9.59 Å². The van der Waals surface area contributed by atoms with Gasteiger partial charge in [0.15, 0.2) is 0 Å². The number of hydrogen-bond acceptors (Lipinski definition) is 6. The van der Waals surface area contributed by atoms with Crippen molar-refractivity contribution in [3.05, 3.63) is 0 Å². The number of hydrogen-bond donors (Lipinski definition) is 0. The van der Waals surface area contributed by atoms with Gasteiger partial charge >= 0.3 is 5.97 Å². The average Bonchev–Trinajstić information content (AvgIpc) is 2.55. The highest BCUT2D eigenvalue weighted by Gasteiger charge is 2.25. The van der Waals surface area contributed by atoms with Crippen LogP contribution in [-0.4, -0.2) is 76.1 Å². The molecule has 24 heavy (non-hydrogen) atoms. The lowest BCUT2D eigenvalue weighted by Gasteiger charge is -2.27. The molecule has 0 spiro atoms. The molecule has 1 saturated heterocycles. The van der Waals surface area contributed by atoms with Crippen LogP contribution in [0.1, 0.15) is 27.2 Å². The number of rotatable bonds is 5. The molecular weight excluding hydrogens is 314 g/mol. The molecule has 1 amide bonds. The Morgan fingerprint density at radius 1 is 0.917 bits per heavy atom. The summed E-state index contributed by atoms with van der Waals surface area (Å²) in [6.45, 7) is 9.83. The number of amides is 1. The van der Waals surface area contributed by atoms with Crippen molar-refractivity contribution >= 4 is 11.9 Å². The van der Waals surface area contributed by atoms with E-state index in [1.54, 1.807) is 18.7 Å². The van der Waals surface area contributed by atoms with Gasteiger partial charge in [-0.2, -0.15) is 0 Å². The van der Waals surface area contributed by atoms with Gasteiger partial charge in [0, 0.05) is 19.0 Å². The normalized spacial score (nSPS) is 20.4. The zero-order valence-corrected chi connectivity index (χ0v) is 15.1. The first-order chi connectivity index (χ1) is 11.6. The van der Waals surface area contributed by atoms with E-state index >= 15 is 0 Å². The minimum absolute atomic E-state index is 0.0201. The summed E-state index contributed by atoms with van der Waals surface area (Å²) >= 11 is 0. The molecule has 0 N–H and O–H groups in total. The molecular formula is C17H31NO6. The summed E-state index contributed by atoms with van der Waals surface area (Å²) in [6, 6.07) is 0. The summed E-state index contributed by atoms with van der Waals surface area (Å²) in [4.78, 5) is 26.2. The highest BCUT2D eigenvalue weighted by atomic mass is 16.5. The van der Waals surface area contributed by atoms with Crippen LogP contribution in [0.25, 0.3) is 0 Å². The number of carbonyl (C=O) groups is 2. The van der Waals surface area contributed by atoms with E-state index in [1.165, 1.54) is 0 Å². The number of ether oxygens (including phenoxy) is 4. The number of nitrogens with zero attached hydrogens (tertiary/aromatic N) is 1. The van der Waals surface area contributed by atoms with E-state index in [4.69, 9.17) is 18.9 Å². The van der Waals surface area contributed by atoms with E-state index in [0.29, 0.717) is 65.8 Å². The third-order valence-electron chi connectivity index (χ3n) is 3.88. The molecule has 0 aromatic carbocycles. The molecule has 0 radical (unpaired) electrons. The molecule has 140 valence electrons. The average molecular weight is 345 g/mol. The Morgan fingerprint density at radius 3 is 1.92 bits per heavy atom. The Kier molecular flexibility index (Phi) is 10.6. The summed E-state index contributed by atoms with van der Waals surface area (Å²) < 4.78 is 21.3. The predicted molar refractivity (Wildman–Crippen MR) is 88.6 cm³/mol. The van der Waals surface area contributed by atoms with Crippen molar-refractivity contribution < 1.29 is 28.5 Å². The van der Waals surface area contributed by atoms with Crippen molar-refractivity contribution in [1.29, 1.82) is 0 Å². The van der Waals surface area contributed by atoms with E-state index in [2.05, 4.69) is 0 Å². The Bertz CT molecular complexity index is 364. The highest BCUT2D eigenvalue weighted by Crippen LogP contribution is 2.16. The molecule has 0 saturated carbocycles. The molecule has 1 heterocycles. The molecule has 0 unspecified atom stereocenters. The zero-order chi connectivity index (χ0) is 17.8.